The van der Waals surface area contributed by atoms with Gasteiger partial charge in [-0.2, -0.15) is 0 Å². The van der Waals surface area contributed by atoms with Gasteiger partial charge in [0.05, 0.1) is 12.7 Å². The second-order valence-electron chi connectivity index (χ2n) is 8.01. The number of amides is 1. The Labute approximate surface area is 172 Å². The first-order valence-electron chi connectivity index (χ1n) is 10.7. The monoisotopic (exact) mass is 394 g/mol. The van der Waals surface area contributed by atoms with E-state index in [-0.39, 0.29) is 5.91 Å². The van der Waals surface area contributed by atoms with Gasteiger partial charge < -0.3 is 14.7 Å². The quantitative estimate of drug-likeness (QED) is 0.819. The van der Waals surface area contributed by atoms with Crippen LogP contribution in [0.2, 0.25) is 0 Å². The molecule has 0 fully saturated rings. The fourth-order valence-corrected chi connectivity index (χ4v) is 4.47. The van der Waals surface area contributed by atoms with Crippen LogP contribution in [0, 0.1) is 0 Å². The van der Waals surface area contributed by atoms with Crippen molar-refractivity contribution in [2.75, 3.05) is 32.8 Å². The third kappa shape index (κ3) is 4.62. The molecule has 1 unspecified atom stereocenters. The highest BCUT2D eigenvalue weighted by Gasteiger charge is 2.26. The van der Waals surface area contributed by atoms with Gasteiger partial charge in [0.15, 0.2) is 0 Å². The zero-order valence-corrected chi connectivity index (χ0v) is 17.1. The molecule has 29 heavy (non-hydrogen) atoms. The van der Waals surface area contributed by atoms with Crippen LogP contribution in [0.4, 0.5) is 0 Å². The average Bonchev–Trinajstić information content (AvgIpc) is 2.87. The van der Waals surface area contributed by atoms with Gasteiger partial charge in [-0.25, -0.2) is 0 Å². The number of fused-ring (bicyclic) bond motifs is 2. The summed E-state index contributed by atoms with van der Waals surface area (Å²) >= 11 is 0. The highest BCUT2D eigenvalue weighted by molar-refractivity contribution is 5.96. The molecule has 2 aromatic rings. The Morgan fingerprint density at radius 3 is 2.69 bits per heavy atom. The van der Waals surface area contributed by atoms with Gasteiger partial charge in [-0.05, 0) is 61.1 Å². The van der Waals surface area contributed by atoms with Gasteiger partial charge in [-0.15, -0.1) is 0 Å². The predicted molar refractivity (Wildman–Crippen MR) is 113 cm³/mol. The van der Waals surface area contributed by atoms with Gasteiger partial charge in [0.25, 0.3) is 5.91 Å². The number of carbonyl (C=O) groups is 1. The van der Waals surface area contributed by atoms with Gasteiger partial charge >= 0.3 is 0 Å². The fourth-order valence-electron chi connectivity index (χ4n) is 4.47. The van der Waals surface area contributed by atoms with Crippen molar-refractivity contribution in [1.82, 2.24) is 9.80 Å². The Bertz CT molecular complexity index is 867. The summed E-state index contributed by atoms with van der Waals surface area (Å²) in [7, 11) is 0. The largest absolute Gasteiger partial charge is 0.494 e. The molecule has 0 radical (unpaired) electrons. The summed E-state index contributed by atoms with van der Waals surface area (Å²) in [6, 6.07) is 14.2. The molecular weight excluding hydrogens is 364 g/mol. The molecule has 2 aliphatic rings. The fraction of sp³-hybridized carbons (Fsp3) is 0.458. The third-order valence-electron chi connectivity index (χ3n) is 5.89. The van der Waals surface area contributed by atoms with Gasteiger partial charge in [-0.3, -0.25) is 9.69 Å². The Morgan fingerprint density at radius 1 is 1.03 bits per heavy atom. The van der Waals surface area contributed by atoms with E-state index >= 15 is 0 Å². The number of β-amino-alcohol motifs (C(OH)–C–C–N with tert-alkyl or cyclic N) is 1. The number of hydrogen-bond acceptors (Lipinski definition) is 4. The van der Waals surface area contributed by atoms with E-state index in [2.05, 4.69) is 29.2 Å². The molecule has 1 amide bonds. The first kappa shape index (κ1) is 19.9. The van der Waals surface area contributed by atoms with E-state index in [0.717, 1.165) is 49.2 Å². The first-order valence-corrected chi connectivity index (χ1v) is 10.7. The molecule has 0 aromatic heterocycles. The smallest absolute Gasteiger partial charge is 0.254 e. The highest BCUT2D eigenvalue weighted by Crippen LogP contribution is 2.24. The summed E-state index contributed by atoms with van der Waals surface area (Å²) < 4.78 is 5.58. The van der Waals surface area contributed by atoms with E-state index < -0.39 is 6.10 Å². The molecule has 0 aliphatic carbocycles. The van der Waals surface area contributed by atoms with Crippen LogP contribution in [-0.2, 0) is 19.4 Å². The van der Waals surface area contributed by atoms with Crippen molar-refractivity contribution in [1.29, 1.82) is 0 Å². The van der Waals surface area contributed by atoms with Gasteiger partial charge in [0.2, 0.25) is 0 Å². The normalized spacial score (nSPS) is 18.0. The van der Waals surface area contributed by atoms with Gasteiger partial charge in [0.1, 0.15) is 5.75 Å². The Morgan fingerprint density at radius 2 is 1.86 bits per heavy atom. The summed E-state index contributed by atoms with van der Waals surface area (Å²) in [6.07, 6.45) is 2.23. The second-order valence-corrected chi connectivity index (χ2v) is 8.01. The molecule has 4 rings (SSSR count). The number of aliphatic hydroxyl groups excluding tert-OH is 1. The van der Waals surface area contributed by atoms with E-state index in [1.54, 1.807) is 0 Å². The van der Waals surface area contributed by atoms with Crippen LogP contribution in [0.5, 0.6) is 5.75 Å². The van der Waals surface area contributed by atoms with Gasteiger partial charge in [-0.1, -0.05) is 24.3 Å². The Balaban J connectivity index is 1.38. The Kier molecular flexibility index (Phi) is 6.16. The van der Waals surface area contributed by atoms with E-state index in [1.165, 1.54) is 11.1 Å². The molecule has 2 aliphatic heterocycles. The Hall–Kier alpha value is -2.37. The zero-order valence-electron chi connectivity index (χ0n) is 17.1. The topological polar surface area (TPSA) is 53.0 Å². The highest BCUT2D eigenvalue weighted by atomic mass is 16.5. The molecule has 154 valence electrons. The van der Waals surface area contributed by atoms with Crippen molar-refractivity contribution in [2.24, 2.45) is 0 Å². The lowest BCUT2D eigenvalue weighted by atomic mass is 10.00. The van der Waals surface area contributed by atoms with Crippen LogP contribution < -0.4 is 4.74 Å². The van der Waals surface area contributed by atoms with Crippen molar-refractivity contribution in [3.63, 3.8) is 0 Å². The summed E-state index contributed by atoms with van der Waals surface area (Å²) in [6.45, 7) is 6.04. The minimum absolute atomic E-state index is 0.0172. The van der Waals surface area contributed by atoms with Crippen molar-refractivity contribution < 1.29 is 14.6 Å². The average molecular weight is 395 g/mol. The number of ether oxygens (including phenoxy) is 1. The molecule has 1 atom stereocenters. The maximum atomic E-state index is 13.1. The lowest BCUT2D eigenvalue weighted by Crippen LogP contribution is -2.44. The molecule has 2 heterocycles. The SMILES string of the molecule is CCOc1ccc2c(c1)CCCN(CC(O)CN1CCc3ccccc3C1)C2=O. The maximum absolute atomic E-state index is 13.1. The third-order valence-corrected chi connectivity index (χ3v) is 5.89. The number of aryl methyl sites for hydroxylation is 1. The number of benzene rings is 2. The first-order chi connectivity index (χ1) is 14.1. The predicted octanol–water partition coefficient (Wildman–Crippen LogP) is 2.89. The molecule has 5 heteroatoms. The molecule has 0 bridgehead atoms. The summed E-state index contributed by atoms with van der Waals surface area (Å²) in [5, 5.41) is 10.7. The van der Waals surface area contributed by atoms with Crippen molar-refractivity contribution in [3.8, 4) is 5.75 Å². The minimum Gasteiger partial charge on any atom is -0.494 e. The molecule has 5 nitrogen and oxygen atoms in total. The molecule has 0 saturated carbocycles. The maximum Gasteiger partial charge on any atom is 0.254 e. The van der Waals surface area contributed by atoms with Crippen LogP contribution in [0.15, 0.2) is 42.5 Å². The standard InChI is InChI=1S/C24H30N2O3/c1-2-29-22-9-10-23-19(14-22)8-5-12-26(24(23)28)17-21(27)16-25-13-11-18-6-3-4-7-20(18)15-25/h3-4,6-7,9-10,14,21,27H,2,5,8,11-13,15-17H2,1H3. The molecule has 1 N–H and O–H groups in total. The molecule has 0 saturated heterocycles. The molecular formula is C24H30N2O3. The van der Waals surface area contributed by atoms with E-state index in [0.29, 0.717) is 26.2 Å². The minimum atomic E-state index is -0.548. The van der Waals surface area contributed by atoms with Crippen LogP contribution in [0.25, 0.3) is 0 Å². The van der Waals surface area contributed by atoms with Crippen molar-refractivity contribution in [3.05, 3.63) is 64.7 Å². The van der Waals surface area contributed by atoms with Crippen LogP contribution in [-0.4, -0.2) is 59.7 Å². The number of aliphatic hydroxyl groups is 1. The summed E-state index contributed by atoms with van der Waals surface area (Å²) in [4.78, 5) is 17.2. The van der Waals surface area contributed by atoms with Crippen LogP contribution in [0.1, 0.15) is 40.4 Å². The summed E-state index contributed by atoms with van der Waals surface area (Å²) in [5.41, 5.74) is 4.54. The van der Waals surface area contributed by atoms with Crippen molar-refractivity contribution in [2.45, 2.75) is 38.8 Å². The van der Waals surface area contributed by atoms with E-state index in [1.807, 2.05) is 30.0 Å². The van der Waals surface area contributed by atoms with E-state index in [9.17, 15) is 9.90 Å². The van der Waals surface area contributed by atoms with Crippen LogP contribution >= 0.6 is 0 Å². The summed E-state index contributed by atoms with van der Waals surface area (Å²) in [5.74, 6) is 0.835. The van der Waals surface area contributed by atoms with E-state index in [4.69, 9.17) is 4.74 Å². The number of nitrogens with zero attached hydrogens (tertiary/aromatic N) is 2. The number of carbonyl (C=O) groups excluding carboxylic acids is 1. The lowest BCUT2D eigenvalue weighted by molar-refractivity contribution is 0.0513. The second kappa shape index (κ2) is 8.97. The van der Waals surface area contributed by atoms with Crippen molar-refractivity contribution >= 4 is 5.91 Å². The lowest BCUT2D eigenvalue weighted by Gasteiger charge is -2.32. The number of rotatable bonds is 6. The van der Waals surface area contributed by atoms with Gasteiger partial charge in [0, 0.05) is 38.3 Å². The zero-order chi connectivity index (χ0) is 20.2. The molecule has 0 spiro atoms. The molecule has 2 aromatic carbocycles. The van der Waals surface area contributed by atoms with Crippen LogP contribution in [0.3, 0.4) is 0 Å². The number of hydrogen-bond donors (Lipinski definition) is 1.